The van der Waals surface area contributed by atoms with Gasteiger partial charge in [0.15, 0.2) is 0 Å². The molecule has 1 atom stereocenters. The molecule has 1 aliphatic rings. The highest BCUT2D eigenvalue weighted by Crippen LogP contribution is 2.30. The summed E-state index contributed by atoms with van der Waals surface area (Å²) in [5.74, 6) is 1.02. The normalized spacial score (nSPS) is 19.4. The van der Waals surface area contributed by atoms with Gasteiger partial charge >= 0.3 is 0 Å². The Hall–Kier alpha value is -0.0800. The average molecular weight is 184 g/mol. The van der Waals surface area contributed by atoms with Crippen LogP contribution in [-0.2, 0) is 0 Å². The summed E-state index contributed by atoms with van der Waals surface area (Å²) >= 11 is 0. The summed E-state index contributed by atoms with van der Waals surface area (Å²) in [4.78, 5) is 2.52. The highest BCUT2D eigenvalue weighted by Gasteiger charge is 2.24. The van der Waals surface area contributed by atoms with E-state index in [1.807, 2.05) is 7.05 Å². The van der Waals surface area contributed by atoms with Crippen molar-refractivity contribution in [2.75, 3.05) is 27.2 Å². The maximum atomic E-state index is 3.20. The monoisotopic (exact) mass is 184 g/mol. The Morgan fingerprint density at radius 3 is 2.69 bits per heavy atom. The first-order chi connectivity index (χ1) is 6.24. The molecule has 0 aromatic heterocycles. The minimum Gasteiger partial charge on any atom is -0.320 e. The molecule has 1 rings (SSSR count). The van der Waals surface area contributed by atoms with Crippen molar-refractivity contribution in [1.29, 1.82) is 0 Å². The Morgan fingerprint density at radius 1 is 1.46 bits per heavy atom. The van der Waals surface area contributed by atoms with Gasteiger partial charge in [0, 0.05) is 12.6 Å². The Labute approximate surface area is 82.7 Å². The number of nitrogens with zero attached hydrogens (tertiary/aromatic N) is 1. The van der Waals surface area contributed by atoms with E-state index in [0.29, 0.717) is 0 Å². The Balaban J connectivity index is 2.02. The van der Waals surface area contributed by atoms with Crippen molar-refractivity contribution in [3.05, 3.63) is 0 Å². The lowest BCUT2D eigenvalue weighted by Crippen LogP contribution is -2.31. The van der Waals surface area contributed by atoms with Gasteiger partial charge in [-0.05, 0) is 59.2 Å². The van der Waals surface area contributed by atoms with E-state index in [4.69, 9.17) is 0 Å². The van der Waals surface area contributed by atoms with Crippen molar-refractivity contribution in [3.63, 3.8) is 0 Å². The standard InChI is InChI=1S/C11H24N2/c1-10(5-4-8-12-2)13(3)9-11-6-7-11/h10-12H,4-9H2,1-3H3. The van der Waals surface area contributed by atoms with Crippen molar-refractivity contribution in [2.24, 2.45) is 5.92 Å². The van der Waals surface area contributed by atoms with Crippen molar-refractivity contribution in [3.8, 4) is 0 Å². The quantitative estimate of drug-likeness (QED) is 0.606. The molecule has 1 unspecified atom stereocenters. The topological polar surface area (TPSA) is 15.3 Å². The SMILES string of the molecule is CNCCCC(C)N(C)CC1CC1. The summed E-state index contributed by atoms with van der Waals surface area (Å²) in [5, 5.41) is 3.20. The second kappa shape index (κ2) is 5.61. The molecule has 1 N–H and O–H groups in total. The van der Waals surface area contributed by atoms with Crippen molar-refractivity contribution in [1.82, 2.24) is 10.2 Å². The van der Waals surface area contributed by atoms with Gasteiger partial charge in [-0.2, -0.15) is 0 Å². The molecule has 13 heavy (non-hydrogen) atoms. The molecule has 0 aromatic carbocycles. The smallest absolute Gasteiger partial charge is 0.00644 e. The largest absolute Gasteiger partial charge is 0.320 e. The Morgan fingerprint density at radius 2 is 2.15 bits per heavy atom. The molecule has 0 heterocycles. The maximum absolute atomic E-state index is 3.20. The third-order valence-electron chi connectivity index (χ3n) is 3.04. The molecular weight excluding hydrogens is 160 g/mol. The lowest BCUT2D eigenvalue weighted by molar-refractivity contribution is 0.233. The molecule has 0 radical (unpaired) electrons. The molecule has 0 bridgehead atoms. The van der Waals surface area contributed by atoms with Crippen LogP contribution < -0.4 is 5.32 Å². The van der Waals surface area contributed by atoms with Gasteiger partial charge in [-0.1, -0.05) is 0 Å². The fraction of sp³-hybridized carbons (Fsp3) is 1.00. The first-order valence-electron chi connectivity index (χ1n) is 5.59. The summed E-state index contributed by atoms with van der Waals surface area (Å²) in [6.07, 6.45) is 5.55. The van der Waals surface area contributed by atoms with Crippen LogP contribution in [0.1, 0.15) is 32.6 Å². The molecule has 2 nitrogen and oxygen atoms in total. The zero-order valence-corrected chi connectivity index (χ0v) is 9.34. The molecule has 0 saturated heterocycles. The Kier molecular flexibility index (Phi) is 4.74. The predicted molar refractivity (Wildman–Crippen MR) is 58.0 cm³/mol. The minimum atomic E-state index is 0.758. The molecule has 2 heteroatoms. The molecule has 78 valence electrons. The van der Waals surface area contributed by atoms with Crippen LogP contribution in [0, 0.1) is 5.92 Å². The highest BCUT2D eigenvalue weighted by atomic mass is 15.1. The molecule has 0 amide bonds. The van der Waals surface area contributed by atoms with Gasteiger partial charge in [0.2, 0.25) is 0 Å². The van der Waals surface area contributed by atoms with Gasteiger partial charge in [0.1, 0.15) is 0 Å². The molecule has 0 spiro atoms. The lowest BCUT2D eigenvalue weighted by Gasteiger charge is -2.24. The first kappa shape index (κ1) is 11.0. The van der Waals surface area contributed by atoms with E-state index < -0.39 is 0 Å². The lowest BCUT2D eigenvalue weighted by atomic mass is 10.1. The van der Waals surface area contributed by atoms with Gasteiger partial charge in [-0.25, -0.2) is 0 Å². The van der Waals surface area contributed by atoms with E-state index >= 15 is 0 Å². The zero-order chi connectivity index (χ0) is 9.68. The fourth-order valence-corrected chi connectivity index (χ4v) is 1.68. The van der Waals surface area contributed by atoms with Crippen LogP contribution >= 0.6 is 0 Å². The van der Waals surface area contributed by atoms with Crippen molar-refractivity contribution in [2.45, 2.75) is 38.6 Å². The van der Waals surface area contributed by atoms with Gasteiger partial charge in [0.25, 0.3) is 0 Å². The zero-order valence-electron chi connectivity index (χ0n) is 9.34. The van der Waals surface area contributed by atoms with Gasteiger partial charge in [-0.15, -0.1) is 0 Å². The minimum absolute atomic E-state index is 0.758. The van der Waals surface area contributed by atoms with E-state index in [1.54, 1.807) is 0 Å². The molecule has 1 saturated carbocycles. The van der Waals surface area contributed by atoms with Crippen LogP contribution in [-0.4, -0.2) is 38.1 Å². The third-order valence-corrected chi connectivity index (χ3v) is 3.04. The predicted octanol–water partition coefficient (Wildman–Crippen LogP) is 1.72. The second-order valence-corrected chi connectivity index (χ2v) is 4.48. The molecule has 1 aliphatic carbocycles. The summed E-state index contributed by atoms with van der Waals surface area (Å²) in [7, 11) is 4.29. The molecule has 1 fully saturated rings. The van der Waals surface area contributed by atoms with Gasteiger partial charge in [0.05, 0.1) is 0 Å². The number of nitrogens with one attached hydrogen (secondary N) is 1. The van der Waals surface area contributed by atoms with Crippen LogP contribution in [0.15, 0.2) is 0 Å². The molecule has 0 aliphatic heterocycles. The van der Waals surface area contributed by atoms with Crippen molar-refractivity contribution >= 4 is 0 Å². The van der Waals surface area contributed by atoms with E-state index in [0.717, 1.165) is 18.5 Å². The van der Waals surface area contributed by atoms with Crippen LogP contribution in [0.2, 0.25) is 0 Å². The summed E-state index contributed by atoms with van der Waals surface area (Å²) < 4.78 is 0. The summed E-state index contributed by atoms with van der Waals surface area (Å²) in [6.45, 7) is 4.82. The van der Waals surface area contributed by atoms with Crippen LogP contribution in [0.4, 0.5) is 0 Å². The van der Waals surface area contributed by atoms with Gasteiger partial charge < -0.3 is 10.2 Å². The second-order valence-electron chi connectivity index (χ2n) is 4.48. The summed E-state index contributed by atoms with van der Waals surface area (Å²) in [6, 6.07) is 0.758. The number of rotatable bonds is 7. The highest BCUT2D eigenvalue weighted by molar-refractivity contribution is 4.78. The van der Waals surface area contributed by atoms with E-state index in [9.17, 15) is 0 Å². The van der Waals surface area contributed by atoms with Crippen LogP contribution in [0.3, 0.4) is 0 Å². The fourth-order valence-electron chi connectivity index (χ4n) is 1.68. The van der Waals surface area contributed by atoms with Gasteiger partial charge in [-0.3, -0.25) is 0 Å². The molecular formula is C11H24N2. The average Bonchev–Trinajstić information content (AvgIpc) is 2.88. The maximum Gasteiger partial charge on any atom is 0.00644 e. The van der Waals surface area contributed by atoms with E-state index in [1.165, 1.54) is 32.2 Å². The molecule has 0 aromatic rings. The van der Waals surface area contributed by atoms with E-state index in [2.05, 4.69) is 24.2 Å². The van der Waals surface area contributed by atoms with Crippen LogP contribution in [0.5, 0.6) is 0 Å². The van der Waals surface area contributed by atoms with Crippen LogP contribution in [0.25, 0.3) is 0 Å². The number of hydrogen-bond acceptors (Lipinski definition) is 2. The van der Waals surface area contributed by atoms with E-state index in [-0.39, 0.29) is 0 Å². The Bertz CT molecular complexity index is 132. The van der Waals surface area contributed by atoms with Crippen molar-refractivity contribution < 1.29 is 0 Å². The summed E-state index contributed by atoms with van der Waals surface area (Å²) in [5.41, 5.74) is 0. The first-order valence-corrected chi connectivity index (χ1v) is 5.59. The third kappa shape index (κ3) is 4.63. The number of hydrogen-bond donors (Lipinski definition) is 1.